The second-order valence-corrected chi connectivity index (χ2v) is 7.42. The Morgan fingerprint density at radius 1 is 1.33 bits per heavy atom. The Bertz CT molecular complexity index is 605. The summed E-state index contributed by atoms with van der Waals surface area (Å²) in [7, 11) is 1.72. The van der Waals surface area contributed by atoms with Crippen molar-refractivity contribution in [3.8, 4) is 0 Å². The topological polar surface area (TPSA) is 58.2 Å². The lowest BCUT2D eigenvalue weighted by atomic mass is 9.87. The van der Waals surface area contributed by atoms with Crippen molar-refractivity contribution in [2.45, 2.75) is 65.0 Å². The van der Waals surface area contributed by atoms with Crippen LogP contribution in [0, 0.1) is 19.8 Å². The van der Waals surface area contributed by atoms with Crippen molar-refractivity contribution in [2.75, 3.05) is 13.7 Å². The van der Waals surface area contributed by atoms with E-state index >= 15 is 0 Å². The number of allylic oxidation sites excluding steroid dienone is 1. The molecule has 0 unspecified atom stereocenters. The van der Waals surface area contributed by atoms with Crippen LogP contribution in [0.2, 0.25) is 0 Å². The molecule has 1 amide bonds. The molecule has 3 rings (SSSR count). The van der Waals surface area contributed by atoms with Crippen LogP contribution in [0.4, 0.5) is 0 Å². The molecule has 24 heavy (non-hydrogen) atoms. The fourth-order valence-electron chi connectivity index (χ4n) is 3.74. The standard InChI is InChI=1S/C19H29N3O2/c1-12-5-7-15(8-6-12)9-18(23)22-11-16(24-4)10-17(22)19-20-13(2)14(3)21-19/h9,12,16-17H,5-8,10-11H2,1-4H3,(H,20,21)/t12?,16-,17+/m1/s1. The van der Waals surface area contributed by atoms with Crippen molar-refractivity contribution in [1.82, 2.24) is 14.9 Å². The summed E-state index contributed by atoms with van der Waals surface area (Å²) < 4.78 is 5.53. The van der Waals surface area contributed by atoms with Crippen LogP contribution in [0.5, 0.6) is 0 Å². The number of ether oxygens (including phenoxy) is 1. The molecule has 2 fully saturated rings. The zero-order valence-corrected chi connectivity index (χ0v) is 15.3. The first-order chi connectivity index (χ1) is 11.5. The van der Waals surface area contributed by atoms with E-state index in [1.165, 1.54) is 18.4 Å². The minimum Gasteiger partial charge on any atom is -0.380 e. The van der Waals surface area contributed by atoms with E-state index in [4.69, 9.17) is 4.74 Å². The maximum absolute atomic E-state index is 12.9. The van der Waals surface area contributed by atoms with Crippen LogP contribution < -0.4 is 0 Å². The number of carbonyl (C=O) groups excluding carboxylic acids is 1. The number of nitrogens with one attached hydrogen (secondary N) is 1. The van der Waals surface area contributed by atoms with Gasteiger partial charge in [-0.25, -0.2) is 4.98 Å². The van der Waals surface area contributed by atoms with E-state index in [1.807, 2.05) is 24.8 Å². The first kappa shape index (κ1) is 17.2. The highest BCUT2D eigenvalue weighted by Gasteiger charge is 2.37. The van der Waals surface area contributed by atoms with E-state index in [0.29, 0.717) is 6.54 Å². The summed E-state index contributed by atoms with van der Waals surface area (Å²) in [6, 6.07) is -0.0192. The van der Waals surface area contributed by atoms with Gasteiger partial charge in [0.2, 0.25) is 5.91 Å². The molecule has 132 valence electrons. The molecule has 1 saturated carbocycles. The summed E-state index contributed by atoms with van der Waals surface area (Å²) in [5.41, 5.74) is 3.36. The molecule has 1 aliphatic carbocycles. The van der Waals surface area contributed by atoms with Crippen molar-refractivity contribution < 1.29 is 9.53 Å². The van der Waals surface area contributed by atoms with Crippen LogP contribution in [0.1, 0.15) is 62.3 Å². The number of methoxy groups -OCH3 is 1. The molecule has 0 bridgehead atoms. The molecule has 1 aromatic heterocycles. The fraction of sp³-hybridized carbons (Fsp3) is 0.684. The third kappa shape index (κ3) is 3.56. The molecule has 0 radical (unpaired) electrons. The molecule has 2 atom stereocenters. The minimum absolute atomic E-state index is 0.0192. The molecule has 0 aromatic carbocycles. The van der Waals surface area contributed by atoms with E-state index < -0.39 is 0 Å². The summed E-state index contributed by atoms with van der Waals surface area (Å²) >= 11 is 0. The van der Waals surface area contributed by atoms with Crippen molar-refractivity contribution in [3.63, 3.8) is 0 Å². The zero-order valence-electron chi connectivity index (χ0n) is 15.3. The number of carbonyl (C=O) groups is 1. The van der Waals surface area contributed by atoms with Gasteiger partial charge in [0.05, 0.1) is 17.8 Å². The highest BCUT2D eigenvalue weighted by Crippen LogP contribution is 2.34. The van der Waals surface area contributed by atoms with Crippen molar-refractivity contribution in [2.24, 2.45) is 5.92 Å². The van der Waals surface area contributed by atoms with Crippen LogP contribution in [0.25, 0.3) is 0 Å². The summed E-state index contributed by atoms with van der Waals surface area (Å²) in [6.45, 7) is 6.94. The lowest BCUT2D eigenvalue weighted by Crippen LogP contribution is -2.31. The van der Waals surface area contributed by atoms with Gasteiger partial charge in [-0.05, 0) is 45.4 Å². The Morgan fingerprint density at radius 3 is 2.62 bits per heavy atom. The number of hydrogen-bond donors (Lipinski definition) is 1. The lowest BCUT2D eigenvalue weighted by Gasteiger charge is -2.24. The maximum Gasteiger partial charge on any atom is 0.247 e. The molecule has 1 saturated heterocycles. The largest absolute Gasteiger partial charge is 0.380 e. The zero-order chi connectivity index (χ0) is 17.3. The van der Waals surface area contributed by atoms with E-state index in [1.54, 1.807) is 7.11 Å². The Balaban J connectivity index is 1.78. The second-order valence-electron chi connectivity index (χ2n) is 7.42. The summed E-state index contributed by atoms with van der Waals surface area (Å²) in [6.07, 6.45) is 7.25. The van der Waals surface area contributed by atoms with Gasteiger partial charge in [-0.3, -0.25) is 4.79 Å². The normalized spacial score (nSPS) is 27.6. The number of aryl methyl sites for hydroxylation is 2. The average molecular weight is 331 g/mol. The fourth-order valence-corrected chi connectivity index (χ4v) is 3.74. The van der Waals surface area contributed by atoms with Gasteiger partial charge in [0.25, 0.3) is 0 Å². The van der Waals surface area contributed by atoms with Crippen LogP contribution in [0.15, 0.2) is 11.6 Å². The Morgan fingerprint density at radius 2 is 2.04 bits per heavy atom. The van der Waals surface area contributed by atoms with Gasteiger partial charge in [-0.15, -0.1) is 0 Å². The number of aromatic nitrogens is 2. The highest BCUT2D eigenvalue weighted by molar-refractivity contribution is 5.89. The van der Waals surface area contributed by atoms with Crippen molar-refractivity contribution in [3.05, 3.63) is 28.9 Å². The number of nitrogens with zero attached hydrogens (tertiary/aromatic N) is 2. The molecule has 5 heteroatoms. The van der Waals surface area contributed by atoms with E-state index in [2.05, 4.69) is 16.9 Å². The quantitative estimate of drug-likeness (QED) is 0.863. The summed E-state index contributed by atoms with van der Waals surface area (Å²) in [5, 5.41) is 0. The van der Waals surface area contributed by atoms with Gasteiger partial charge >= 0.3 is 0 Å². The Labute approximate surface area is 144 Å². The number of likely N-dealkylation sites (tertiary alicyclic amines) is 1. The molecule has 0 spiro atoms. The number of hydrogen-bond acceptors (Lipinski definition) is 3. The molecule has 1 N–H and O–H groups in total. The van der Waals surface area contributed by atoms with Crippen LogP contribution in [0.3, 0.4) is 0 Å². The van der Waals surface area contributed by atoms with E-state index in [0.717, 1.165) is 42.4 Å². The Hall–Kier alpha value is -1.62. The molecular weight excluding hydrogens is 302 g/mol. The number of aromatic amines is 1. The third-order valence-corrected chi connectivity index (χ3v) is 5.59. The van der Waals surface area contributed by atoms with E-state index in [9.17, 15) is 4.79 Å². The van der Waals surface area contributed by atoms with Gasteiger partial charge in [-0.2, -0.15) is 0 Å². The summed E-state index contributed by atoms with van der Waals surface area (Å²) in [4.78, 5) is 22.8. The van der Waals surface area contributed by atoms with Gasteiger partial charge in [0.1, 0.15) is 5.82 Å². The van der Waals surface area contributed by atoms with Crippen molar-refractivity contribution >= 4 is 5.91 Å². The molecule has 1 aliphatic heterocycles. The van der Waals surface area contributed by atoms with Crippen LogP contribution >= 0.6 is 0 Å². The van der Waals surface area contributed by atoms with Gasteiger partial charge in [-0.1, -0.05) is 12.5 Å². The first-order valence-electron chi connectivity index (χ1n) is 9.04. The molecule has 1 aromatic rings. The monoisotopic (exact) mass is 331 g/mol. The molecule has 2 heterocycles. The smallest absolute Gasteiger partial charge is 0.247 e. The third-order valence-electron chi connectivity index (χ3n) is 5.59. The number of rotatable bonds is 3. The predicted octanol–water partition coefficient (Wildman–Crippen LogP) is 3.45. The molecule has 2 aliphatic rings. The number of imidazole rings is 1. The predicted molar refractivity (Wildman–Crippen MR) is 93.6 cm³/mol. The van der Waals surface area contributed by atoms with Gasteiger partial charge in [0, 0.05) is 31.8 Å². The number of H-pyrrole nitrogens is 1. The van der Waals surface area contributed by atoms with Gasteiger partial charge in [0.15, 0.2) is 0 Å². The maximum atomic E-state index is 12.9. The van der Waals surface area contributed by atoms with Crippen molar-refractivity contribution in [1.29, 1.82) is 0 Å². The van der Waals surface area contributed by atoms with Crippen LogP contribution in [-0.2, 0) is 9.53 Å². The SMILES string of the molecule is CO[C@@H]1C[C@@H](c2nc(C)c(C)[nH]2)N(C(=O)C=C2CCC(C)CC2)C1. The Kier molecular flexibility index (Phi) is 5.09. The lowest BCUT2D eigenvalue weighted by molar-refractivity contribution is -0.127. The van der Waals surface area contributed by atoms with Crippen LogP contribution in [-0.4, -0.2) is 40.5 Å². The number of amides is 1. The molecule has 5 nitrogen and oxygen atoms in total. The highest BCUT2D eigenvalue weighted by atomic mass is 16.5. The average Bonchev–Trinajstić information content (AvgIpc) is 3.13. The van der Waals surface area contributed by atoms with Gasteiger partial charge < -0.3 is 14.6 Å². The second kappa shape index (κ2) is 7.09. The van der Waals surface area contributed by atoms with E-state index in [-0.39, 0.29) is 18.1 Å². The minimum atomic E-state index is -0.0192. The summed E-state index contributed by atoms with van der Waals surface area (Å²) in [5.74, 6) is 1.77. The first-order valence-corrected chi connectivity index (χ1v) is 9.04. The molecular formula is C19H29N3O2.